The van der Waals surface area contributed by atoms with Gasteiger partial charge in [-0.05, 0) is 49.4 Å². The third kappa shape index (κ3) is 3.15. The lowest BCUT2D eigenvalue weighted by Gasteiger charge is -2.34. The summed E-state index contributed by atoms with van der Waals surface area (Å²) in [4.78, 5) is 14.4. The Bertz CT molecular complexity index is 723. The number of aryl methyl sites for hydroxylation is 2. The van der Waals surface area contributed by atoms with Crippen LogP contribution in [0.2, 0.25) is 0 Å². The number of carbonyl (C=O) groups excluding carboxylic acids is 1. The first-order valence-corrected chi connectivity index (χ1v) is 8.06. The van der Waals surface area contributed by atoms with E-state index in [1.807, 2.05) is 19.1 Å². The average Bonchev–Trinajstić information content (AvgIpc) is 3.02. The highest BCUT2D eigenvalue weighted by atomic mass is 16.3. The van der Waals surface area contributed by atoms with Gasteiger partial charge >= 0.3 is 0 Å². The fourth-order valence-electron chi connectivity index (χ4n) is 2.97. The second-order valence-corrected chi connectivity index (χ2v) is 6.55. The largest absolute Gasteiger partial charge is 0.393 e. The van der Waals surface area contributed by atoms with Gasteiger partial charge in [-0.3, -0.25) is 9.89 Å². The Hall–Kier alpha value is -2.14. The standard InChI is InChI=1S/C18H23N3O2/c1-11-4-5-14(8-12(11)2)15-9-16(20-19-15)18(23)21-7-6-17(22)13(3)10-21/h4-5,8-9,13,17,22H,6-7,10H2,1-3H3,(H,19,20). The molecule has 2 heterocycles. The van der Waals surface area contributed by atoms with Crippen LogP contribution >= 0.6 is 0 Å². The van der Waals surface area contributed by atoms with Gasteiger partial charge in [0, 0.05) is 18.7 Å². The number of nitrogens with zero attached hydrogens (tertiary/aromatic N) is 2. The minimum atomic E-state index is -0.313. The van der Waals surface area contributed by atoms with E-state index in [0.29, 0.717) is 25.2 Å². The van der Waals surface area contributed by atoms with Gasteiger partial charge in [-0.2, -0.15) is 5.10 Å². The fourth-order valence-corrected chi connectivity index (χ4v) is 2.97. The topological polar surface area (TPSA) is 69.2 Å². The zero-order chi connectivity index (χ0) is 16.6. The molecule has 1 aromatic heterocycles. The summed E-state index contributed by atoms with van der Waals surface area (Å²) < 4.78 is 0. The number of benzene rings is 1. The lowest BCUT2D eigenvalue weighted by molar-refractivity contribution is 0.0294. The van der Waals surface area contributed by atoms with Crippen molar-refractivity contribution >= 4 is 5.91 Å². The van der Waals surface area contributed by atoms with E-state index >= 15 is 0 Å². The quantitative estimate of drug-likeness (QED) is 0.895. The Labute approximate surface area is 136 Å². The normalized spacial score (nSPS) is 21.5. The molecule has 3 rings (SSSR count). The first kappa shape index (κ1) is 15.7. The number of hydrogen-bond donors (Lipinski definition) is 2. The van der Waals surface area contributed by atoms with Gasteiger partial charge in [0.05, 0.1) is 11.8 Å². The number of H-pyrrole nitrogens is 1. The average molecular weight is 313 g/mol. The van der Waals surface area contributed by atoms with Crippen molar-refractivity contribution in [2.45, 2.75) is 33.3 Å². The molecule has 1 fully saturated rings. The number of nitrogens with one attached hydrogen (secondary N) is 1. The molecule has 1 amide bonds. The number of carbonyl (C=O) groups is 1. The second-order valence-electron chi connectivity index (χ2n) is 6.55. The molecule has 1 aliphatic rings. The van der Waals surface area contributed by atoms with E-state index in [2.05, 4.69) is 36.2 Å². The molecule has 0 spiro atoms. The summed E-state index contributed by atoms with van der Waals surface area (Å²) >= 11 is 0. The number of likely N-dealkylation sites (tertiary alicyclic amines) is 1. The van der Waals surface area contributed by atoms with Crippen LogP contribution in [0.25, 0.3) is 11.3 Å². The second kappa shape index (κ2) is 6.16. The highest BCUT2D eigenvalue weighted by Gasteiger charge is 2.28. The molecule has 2 atom stereocenters. The van der Waals surface area contributed by atoms with E-state index < -0.39 is 0 Å². The van der Waals surface area contributed by atoms with Crippen LogP contribution in [0.5, 0.6) is 0 Å². The van der Waals surface area contributed by atoms with Crippen molar-refractivity contribution in [3.05, 3.63) is 41.1 Å². The van der Waals surface area contributed by atoms with Crippen molar-refractivity contribution in [3.8, 4) is 11.3 Å². The van der Waals surface area contributed by atoms with Gasteiger partial charge in [0.15, 0.2) is 0 Å². The zero-order valence-corrected chi connectivity index (χ0v) is 13.8. The molecule has 122 valence electrons. The molecule has 0 aliphatic carbocycles. The minimum absolute atomic E-state index is 0.0497. The third-order valence-electron chi connectivity index (χ3n) is 4.76. The Morgan fingerprint density at radius 3 is 2.78 bits per heavy atom. The monoisotopic (exact) mass is 313 g/mol. The van der Waals surface area contributed by atoms with Gasteiger partial charge in [-0.1, -0.05) is 19.1 Å². The molecule has 1 saturated heterocycles. The lowest BCUT2D eigenvalue weighted by Crippen LogP contribution is -2.45. The Morgan fingerprint density at radius 1 is 1.30 bits per heavy atom. The summed E-state index contributed by atoms with van der Waals surface area (Å²) in [6.45, 7) is 7.28. The van der Waals surface area contributed by atoms with Crippen molar-refractivity contribution in [2.75, 3.05) is 13.1 Å². The number of piperidine rings is 1. The van der Waals surface area contributed by atoms with E-state index in [4.69, 9.17) is 0 Å². The van der Waals surface area contributed by atoms with Crippen molar-refractivity contribution in [2.24, 2.45) is 5.92 Å². The van der Waals surface area contributed by atoms with Crippen LogP contribution in [0.4, 0.5) is 0 Å². The molecule has 0 saturated carbocycles. The number of hydrogen-bond acceptors (Lipinski definition) is 3. The maximum absolute atomic E-state index is 12.6. The Kier molecular flexibility index (Phi) is 4.22. The van der Waals surface area contributed by atoms with Crippen LogP contribution in [-0.2, 0) is 0 Å². The van der Waals surface area contributed by atoms with Crippen molar-refractivity contribution < 1.29 is 9.90 Å². The zero-order valence-electron chi connectivity index (χ0n) is 13.8. The van der Waals surface area contributed by atoms with Crippen LogP contribution in [0.15, 0.2) is 24.3 Å². The summed E-state index contributed by atoms with van der Waals surface area (Å²) in [5.74, 6) is 0.0566. The van der Waals surface area contributed by atoms with E-state index in [0.717, 1.165) is 11.3 Å². The van der Waals surface area contributed by atoms with Crippen molar-refractivity contribution in [3.63, 3.8) is 0 Å². The molecule has 23 heavy (non-hydrogen) atoms. The van der Waals surface area contributed by atoms with E-state index in [9.17, 15) is 9.90 Å². The smallest absolute Gasteiger partial charge is 0.271 e. The summed E-state index contributed by atoms with van der Waals surface area (Å²) in [7, 11) is 0. The molecule has 2 N–H and O–H groups in total. The summed E-state index contributed by atoms with van der Waals surface area (Å²) in [6.07, 6.45) is 0.317. The highest BCUT2D eigenvalue weighted by molar-refractivity contribution is 5.93. The van der Waals surface area contributed by atoms with Gasteiger partial charge < -0.3 is 10.0 Å². The number of rotatable bonds is 2. The van der Waals surface area contributed by atoms with E-state index in [1.54, 1.807) is 4.90 Å². The van der Waals surface area contributed by atoms with Crippen LogP contribution in [0.3, 0.4) is 0 Å². The molecule has 0 bridgehead atoms. The van der Waals surface area contributed by atoms with Gasteiger partial charge in [-0.15, -0.1) is 0 Å². The van der Waals surface area contributed by atoms with Crippen LogP contribution < -0.4 is 0 Å². The van der Waals surface area contributed by atoms with Gasteiger partial charge in [0.25, 0.3) is 5.91 Å². The summed E-state index contributed by atoms with van der Waals surface area (Å²) in [5, 5.41) is 16.9. The number of amides is 1. The summed E-state index contributed by atoms with van der Waals surface area (Å²) in [6, 6.07) is 7.97. The molecule has 1 aromatic carbocycles. The molecule has 5 nitrogen and oxygen atoms in total. The maximum atomic E-state index is 12.6. The molecule has 0 radical (unpaired) electrons. The third-order valence-corrected chi connectivity index (χ3v) is 4.76. The predicted octanol–water partition coefficient (Wildman–Crippen LogP) is 2.54. The van der Waals surface area contributed by atoms with Gasteiger partial charge in [0.2, 0.25) is 0 Å². The predicted molar refractivity (Wildman–Crippen MR) is 89.2 cm³/mol. The fraction of sp³-hybridized carbons (Fsp3) is 0.444. The Balaban J connectivity index is 1.78. The van der Waals surface area contributed by atoms with E-state index in [-0.39, 0.29) is 17.9 Å². The Morgan fingerprint density at radius 2 is 2.09 bits per heavy atom. The molecule has 5 heteroatoms. The van der Waals surface area contributed by atoms with Crippen LogP contribution in [-0.4, -0.2) is 45.3 Å². The molecular formula is C18H23N3O2. The minimum Gasteiger partial charge on any atom is -0.393 e. The molecule has 2 unspecified atom stereocenters. The highest BCUT2D eigenvalue weighted by Crippen LogP contribution is 2.23. The number of aromatic amines is 1. The number of aromatic nitrogens is 2. The summed E-state index contributed by atoms with van der Waals surface area (Å²) in [5.41, 5.74) is 4.73. The molecule has 1 aliphatic heterocycles. The maximum Gasteiger partial charge on any atom is 0.271 e. The van der Waals surface area contributed by atoms with Gasteiger partial charge in [-0.25, -0.2) is 0 Å². The number of aliphatic hydroxyl groups excluding tert-OH is 1. The molecule has 2 aromatic rings. The van der Waals surface area contributed by atoms with Crippen LogP contribution in [0.1, 0.15) is 35.0 Å². The van der Waals surface area contributed by atoms with Gasteiger partial charge in [0.1, 0.15) is 5.69 Å². The van der Waals surface area contributed by atoms with Crippen molar-refractivity contribution in [1.82, 2.24) is 15.1 Å². The lowest BCUT2D eigenvalue weighted by atomic mass is 9.96. The first-order valence-electron chi connectivity index (χ1n) is 8.06. The molecular weight excluding hydrogens is 290 g/mol. The van der Waals surface area contributed by atoms with E-state index in [1.165, 1.54) is 11.1 Å². The SMILES string of the molecule is Cc1ccc(-c2cc(C(=O)N3CCC(O)C(C)C3)[nH]n2)cc1C. The first-order chi connectivity index (χ1) is 11.0. The number of aliphatic hydroxyl groups is 1. The van der Waals surface area contributed by atoms with Crippen LogP contribution in [0, 0.1) is 19.8 Å². The van der Waals surface area contributed by atoms with Crippen molar-refractivity contribution in [1.29, 1.82) is 0 Å².